The van der Waals surface area contributed by atoms with E-state index in [9.17, 15) is 4.79 Å². The van der Waals surface area contributed by atoms with Crippen molar-refractivity contribution in [2.45, 2.75) is 6.92 Å². The summed E-state index contributed by atoms with van der Waals surface area (Å²) in [7, 11) is 3.69. The molecule has 1 amide bonds. The minimum Gasteiger partial charge on any atom is -0.373 e. The van der Waals surface area contributed by atoms with Crippen molar-refractivity contribution >= 4 is 17.5 Å². The zero-order chi connectivity index (χ0) is 12.7. The van der Waals surface area contributed by atoms with Gasteiger partial charge in [0.05, 0.1) is 0 Å². The first kappa shape index (κ1) is 14.8. The number of halogens is 1. The Morgan fingerprint density at radius 2 is 1.69 bits per heavy atom. The molecule has 0 aliphatic carbocycles. The van der Waals surface area contributed by atoms with Gasteiger partial charge in [0.15, 0.2) is 0 Å². The van der Waals surface area contributed by atoms with E-state index in [2.05, 4.69) is 13.2 Å². The zero-order valence-electron chi connectivity index (χ0n) is 10.2. The van der Waals surface area contributed by atoms with Crippen LogP contribution in [0.1, 0.15) is 6.92 Å². The number of carbonyl (C=O) groups excluding carboxylic acids is 1. The molecule has 3 nitrogen and oxygen atoms in total. The molecule has 0 saturated carbocycles. The van der Waals surface area contributed by atoms with Gasteiger partial charge in [-0.15, -0.1) is 0 Å². The Hall–Kier alpha value is -1.22. The monoisotopic (exact) mass is 242 g/mol. The molecule has 0 rings (SSSR count). The topological polar surface area (TPSA) is 23.6 Å². The number of allylic oxidation sites excluding steroid dienone is 3. The first-order valence-corrected chi connectivity index (χ1v) is 5.36. The molecule has 0 N–H and O–H groups in total. The summed E-state index contributed by atoms with van der Waals surface area (Å²) in [5, 5.41) is 0.468. The first-order valence-electron chi connectivity index (χ1n) is 4.98. The van der Waals surface area contributed by atoms with E-state index in [4.69, 9.17) is 11.6 Å². The molecular weight excluding hydrogens is 224 g/mol. The van der Waals surface area contributed by atoms with Crippen LogP contribution in [0.5, 0.6) is 0 Å². The number of rotatable bonds is 6. The Morgan fingerprint density at radius 3 is 2.12 bits per heavy atom. The van der Waals surface area contributed by atoms with Crippen molar-refractivity contribution in [3.63, 3.8) is 0 Å². The van der Waals surface area contributed by atoms with Gasteiger partial charge in [0.1, 0.15) is 0 Å². The number of hydrogen-bond acceptors (Lipinski definition) is 2. The lowest BCUT2D eigenvalue weighted by atomic mass is 10.3. The van der Waals surface area contributed by atoms with Gasteiger partial charge < -0.3 is 9.80 Å². The molecule has 0 aromatic carbocycles. The summed E-state index contributed by atoms with van der Waals surface area (Å²) in [6, 6.07) is 0. The fraction of sp³-hybridized carbons (Fsp3) is 0.417. The van der Waals surface area contributed by atoms with Gasteiger partial charge in [0.2, 0.25) is 5.91 Å². The lowest BCUT2D eigenvalue weighted by Gasteiger charge is -2.23. The molecule has 90 valence electrons. The largest absolute Gasteiger partial charge is 0.373 e. The van der Waals surface area contributed by atoms with E-state index in [1.165, 1.54) is 0 Å². The van der Waals surface area contributed by atoms with Gasteiger partial charge in [-0.25, -0.2) is 0 Å². The maximum Gasteiger partial charge on any atom is 0.219 e. The molecule has 0 aliphatic heterocycles. The predicted molar refractivity (Wildman–Crippen MR) is 69.2 cm³/mol. The fourth-order valence-corrected chi connectivity index (χ4v) is 0.978. The molecule has 0 radical (unpaired) electrons. The average Bonchev–Trinajstić information content (AvgIpc) is 2.21. The highest BCUT2D eigenvalue weighted by atomic mass is 35.5. The number of amides is 1. The molecule has 0 bridgehead atoms. The summed E-state index contributed by atoms with van der Waals surface area (Å²) in [6.45, 7) is 10.4. The van der Waals surface area contributed by atoms with Gasteiger partial charge in [-0.3, -0.25) is 4.79 Å². The van der Waals surface area contributed by atoms with Crippen LogP contribution in [0.4, 0.5) is 0 Å². The lowest BCUT2D eigenvalue weighted by Crippen LogP contribution is -2.32. The van der Waals surface area contributed by atoms with Gasteiger partial charge >= 0.3 is 0 Å². The highest BCUT2D eigenvalue weighted by molar-refractivity contribution is 6.30. The molecule has 16 heavy (non-hydrogen) atoms. The minimum absolute atomic E-state index is 0.0590. The second-order valence-corrected chi connectivity index (χ2v) is 4.12. The standard InChI is InChI=1S/C12H19ClN2O/c1-10(13)6-7-11(2)14(4)8-9-15(5)12(3)16/h6-7H,1-2,8-9H2,3-5H3/b7-6-. The molecule has 0 aromatic rings. The molecule has 0 saturated heterocycles. The predicted octanol–water partition coefficient (Wildman–Crippen LogP) is 2.22. The van der Waals surface area contributed by atoms with Crippen LogP contribution in [0.2, 0.25) is 0 Å². The fourth-order valence-electron chi connectivity index (χ4n) is 0.915. The normalized spacial score (nSPS) is 10.2. The van der Waals surface area contributed by atoms with Crippen molar-refractivity contribution in [2.24, 2.45) is 0 Å². The van der Waals surface area contributed by atoms with Crippen LogP contribution in [0, 0.1) is 0 Å². The van der Waals surface area contributed by atoms with Crippen LogP contribution >= 0.6 is 11.6 Å². The average molecular weight is 243 g/mol. The maximum absolute atomic E-state index is 11.0. The van der Waals surface area contributed by atoms with E-state index in [1.54, 1.807) is 31.0 Å². The van der Waals surface area contributed by atoms with E-state index in [0.717, 1.165) is 12.2 Å². The smallest absolute Gasteiger partial charge is 0.219 e. The Bertz CT molecular complexity index is 310. The van der Waals surface area contributed by atoms with Crippen molar-refractivity contribution in [1.82, 2.24) is 9.80 Å². The van der Waals surface area contributed by atoms with Crippen molar-refractivity contribution < 1.29 is 4.79 Å². The second kappa shape index (κ2) is 7.12. The number of nitrogens with zero attached hydrogens (tertiary/aromatic N) is 2. The Labute approximate surface area is 103 Å². The van der Waals surface area contributed by atoms with Crippen molar-refractivity contribution in [2.75, 3.05) is 27.2 Å². The lowest BCUT2D eigenvalue weighted by molar-refractivity contribution is -0.127. The Morgan fingerprint density at radius 1 is 1.19 bits per heavy atom. The summed E-state index contributed by atoms with van der Waals surface area (Å²) in [6.07, 6.45) is 3.48. The van der Waals surface area contributed by atoms with Gasteiger partial charge in [0, 0.05) is 44.8 Å². The summed E-state index contributed by atoms with van der Waals surface area (Å²) in [5.41, 5.74) is 0.832. The second-order valence-electron chi connectivity index (χ2n) is 3.63. The summed E-state index contributed by atoms with van der Waals surface area (Å²) in [5.74, 6) is 0.0590. The minimum atomic E-state index is 0.0590. The van der Waals surface area contributed by atoms with Crippen LogP contribution in [-0.4, -0.2) is 42.9 Å². The molecule has 0 aliphatic rings. The third-order valence-electron chi connectivity index (χ3n) is 2.26. The van der Waals surface area contributed by atoms with E-state index < -0.39 is 0 Å². The third-order valence-corrected chi connectivity index (χ3v) is 2.38. The van der Waals surface area contributed by atoms with E-state index in [-0.39, 0.29) is 5.91 Å². The molecule has 4 heteroatoms. The van der Waals surface area contributed by atoms with Crippen LogP contribution in [-0.2, 0) is 4.79 Å². The van der Waals surface area contributed by atoms with Gasteiger partial charge in [0.25, 0.3) is 0 Å². The summed E-state index contributed by atoms with van der Waals surface area (Å²) >= 11 is 5.60. The number of carbonyl (C=O) groups is 1. The summed E-state index contributed by atoms with van der Waals surface area (Å²) in [4.78, 5) is 14.6. The molecule has 0 atom stereocenters. The Balaban J connectivity index is 4.06. The highest BCUT2D eigenvalue weighted by Crippen LogP contribution is 2.05. The van der Waals surface area contributed by atoms with Crippen LogP contribution < -0.4 is 0 Å². The summed E-state index contributed by atoms with van der Waals surface area (Å²) < 4.78 is 0. The van der Waals surface area contributed by atoms with Gasteiger partial charge in [-0.05, 0) is 12.2 Å². The van der Waals surface area contributed by atoms with Crippen LogP contribution in [0.25, 0.3) is 0 Å². The number of hydrogen-bond donors (Lipinski definition) is 0. The van der Waals surface area contributed by atoms with E-state index in [0.29, 0.717) is 11.6 Å². The van der Waals surface area contributed by atoms with E-state index >= 15 is 0 Å². The molecular formula is C12H19ClN2O. The molecule has 0 spiro atoms. The van der Waals surface area contributed by atoms with Gasteiger partial charge in [-0.2, -0.15) is 0 Å². The Kier molecular flexibility index (Phi) is 6.58. The SMILES string of the molecule is C=C(Cl)/C=C\C(=C)N(C)CCN(C)C(C)=O. The number of likely N-dealkylation sites (N-methyl/N-ethyl adjacent to an activating group) is 2. The van der Waals surface area contributed by atoms with Gasteiger partial charge in [-0.1, -0.05) is 24.8 Å². The van der Waals surface area contributed by atoms with Crippen LogP contribution in [0.15, 0.2) is 36.0 Å². The quantitative estimate of drug-likeness (QED) is 0.667. The van der Waals surface area contributed by atoms with Crippen LogP contribution in [0.3, 0.4) is 0 Å². The van der Waals surface area contributed by atoms with Crippen molar-refractivity contribution in [3.8, 4) is 0 Å². The first-order chi connectivity index (χ1) is 7.34. The maximum atomic E-state index is 11.0. The molecule has 0 aromatic heterocycles. The highest BCUT2D eigenvalue weighted by Gasteiger charge is 2.04. The molecule has 0 heterocycles. The zero-order valence-corrected chi connectivity index (χ0v) is 10.9. The van der Waals surface area contributed by atoms with Crippen molar-refractivity contribution in [1.29, 1.82) is 0 Å². The van der Waals surface area contributed by atoms with E-state index in [1.807, 2.05) is 11.9 Å². The molecule has 0 fully saturated rings. The third kappa shape index (κ3) is 6.30. The van der Waals surface area contributed by atoms with Crippen molar-refractivity contribution in [3.05, 3.63) is 36.0 Å². The molecule has 0 unspecified atom stereocenters.